The molecule has 154 valence electrons. The Morgan fingerprint density at radius 2 is 1.79 bits per heavy atom. The first-order chi connectivity index (χ1) is 13.5. The van der Waals surface area contributed by atoms with Crippen molar-refractivity contribution in [3.63, 3.8) is 0 Å². The predicted molar refractivity (Wildman–Crippen MR) is 117 cm³/mol. The molecule has 1 amide bonds. The van der Waals surface area contributed by atoms with Crippen LogP contribution in [0.2, 0.25) is 0 Å². The molecule has 0 unspecified atom stereocenters. The normalized spacial score (nSPS) is 11.7. The maximum Gasteiger partial charge on any atom is 0.241 e. The maximum atomic E-state index is 12.1. The minimum absolute atomic E-state index is 0. The molecule has 0 spiro atoms. The summed E-state index contributed by atoms with van der Waals surface area (Å²) in [6.07, 6.45) is 1.44. The number of carbonyl (C=O) groups excluding carboxylic acids is 1. The minimum Gasteiger partial charge on any atom is -0.325 e. The van der Waals surface area contributed by atoms with E-state index in [0.717, 1.165) is 23.2 Å². The lowest BCUT2D eigenvalue weighted by Gasteiger charge is -2.14. The van der Waals surface area contributed by atoms with Crippen molar-refractivity contribution in [3.8, 4) is 11.4 Å². The Balaban J connectivity index is 0.00000300. The van der Waals surface area contributed by atoms with Crippen LogP contribution in [0.4, 0.5) is 5.69 Å². The van der Waals surface area contributed by atoms with Crippen LogP contribution < -0.4 is 11.1 Å². The number of rotatable bonds is 8. The standard InChI is InChI=1S/C21H26N6O.ClH/c1-15(2)14-19(22)21(28)23-18-10-8-16(9-11-18)12-13-27-25-20(24-26-27)17-6-4-3-5-7-17;/h3-11,15,19H,12-14,22H2,1-2H3,(H,23,28);1H/t19-;/m0./s1. The van der Waals surface area contributed by atoms with Gasteiger partial charge in [-0.15, -0.1) is 22.6 Å². The molecule has 0 aliphatic rings. The van der Waals surface area contributed by atoms with Crippen LogP contribution >= 0.6 is 12.4 Å². The van der Waals surface area contributed by atoms with Gasteiger partial charge < -0.3 is 11.1 Å². The molecule has 2 aromatic carbocycles. The molecule has 0 radical (unpaired) electrons. The summed E-state index contributed by atoms with van der Waals surface area (Å²) in [7, 11) is 0. The highest BCUT2D eigenvalue weighted by Crippen LogP contribution is 2.14. The number of nitrogens with zero attached hydrogens (tertiary/aromatic N) is 4. The Hall–Kier alpha value is -2.77. The third kappa shape index (κ3) is 6.66. The molecule has 0 aliphatic heterocycles. The molecule has 0 fully saturated rings. The van der Waals surface area contributed by atoms with Crippen LogP contribution in [-0.2, 0) is 17.8 Å². The van der Waals surface area contributed by atoms with Gasteiger partial charge in [0, 0.05) is 11.3 Å². The summed E-state index contributed by atoms with van der Waals surface area (Å²) < 4.78 is 0. The second kappa shape index (κ2) is 10.7. The first-order valence-corrected chi connectivity index (χ1v) is 9.50. The molecule has 3 rings (SSSR count). The van der Waals surface area contributed by atoms with Crippen LogP contribution in [0.15, 0.2) is 54.6 Å². The SMILES string of the molecule is CC(C)C[C@H](N)C(=O)Nc1ccc(CCn2nnc(-c3ccccc3)n2)cc1.Cl. The number of carbonyl (C=O) groups is 1. The second-order valence-electron chi connectivity index (χ2n) is 7.25. The average Bonchev–Trinajstić information content (AvgIpc) is 3.17. The van der Waals surface area contributed by atoms with Crippen molar-refractivity contribution in [1.82, 2.24) is 20.2 Å². The zero-order valence-electron chi connectivity index (χ0n) is 16.7. The highest BCUT2D eigenvalue weighted by molar-refractivity contribution is 5.94. The van der Waals surface area contributed by atoms with E-state index < -0.39 is 6.04 Å². The average molecular weight is 415 g/mol. The lowest BCUT2D eigenvalue weighted by Crippen LogP contribution is -2.36. The van der Waals surface area contributed by atoms with Crippen molar-refractivity contribution in [2.45, 2.75) is 39.3 Å². The summed E-state index contributed by atoms with van der Waals surface area (Å²) in [5, 5.41) is 15.5. The lowest BCUT2D eigenvalue weighted by atomic mass is 10.0. The largest absolute Gasteiger partial charge is 0.325 e. The zero-order valence-corrected chi connectivity index (χ0v) is 17.5. The molecule has 0 aliphatic carbocycles. The molecule has 3 aromatic rings. The summed E-state index contributed by atoms with van der Waals surface area (Å²) in [4.78, 5) is 13.7. The molecular formula is C21H27ClN6O. The molecule has 0 saturated carbocycles. The Bertz CT molecular complexity index is 895. The number of anilines is 1. The van der Waals surface area contributed by atoms with Crippen LogP contribution in [0.25, 0.3) is 11.4 Å². The van der Waals surface area contributed by atoms with Crippen LogP contribution in [0.3, 0.4) is 0 Å². The zero-order chi connectivity index (χ0) is 19.9. The van der Waals surface area contributed by atoms with E-state index in [-0.39, 0.29) is 18.3 Å². The number of hydrogen-bond donors (Lipinski definition) is 2. The highest BCUT2D eigenvalue weighted by atomic mass is 35.5. The Morgan fingerprint density at radius 1 is 1.10 bits per heavy atom. The molecular weight excluding hydrogens is 388 g/mol. The Kier molecular flexibility index (Phi) is 8.30. The molecule has 29 heavy (non-hydrogen) atoms. The number of nitrogens with two attached hydrogens (primary N) is 1. The van der Waals surface area contributed by atoms with E-state index in [1.54, 1.807) is 4.80 Å². The van der Waals surface area contributed by atoms with Gasteiger partial charge in [0.15, 0.2) is 0 Å². The Morgan fingerprint density at radius 3 is 2.45 bits per heavy atom. The number of aromatic nitrogens is 4. The molecule has 0 bridgehead atoms. The van der Waals surface area contributed by atoms with Crippen molar-refractivity contribution in [2.75, 3.05) is 5.32 Å². The second-order valence-corrected chi connectivity index (χ2v) is 7.25. The summed E-state index contributed by atoms with van der Waals surface area (Å²) in [5.74, 6) is 0.856. The van der Waals surface area contributed by atoms with Crippen molar-refractivity contribution in [3.05, 3.63) is 60.2 Å². The fourth-order valence-corrected chi connectivity index (χ4v) is 2.87. The van der Waals surface area contributed by atoms with Crippen LogP contribution in [-0.4, -0.2) is 32.2 Å². The number of amides is 1. The van der Waals surface area contributed by atoms with Crippen molar-refractivity contribution in [1.29, 1.82) is 0 Å². The number of tetrazole rings is 1. The first-order valence-electron chi connectivity index (χ1n) is 9.50. The summed E-state index contributed by atoms with van der Waals surface area (Å²) in [5.41, 5.74) is 8.74. The lowest BCUT2D eigenvalue weighted by molar-refractivity contribution is -0.117. The number of benzene rings is 2. The minimum atomic E-state index is -0.489. The third-order valence-corrected chi connectivity index (χ3v) is 4.37. The van der Waals surface area contributed by atoms with Crippen molar-refractivity contribution in [2.24, 2.45) is 11.7 Å². The smallest absolute Gasteiger partial charge is 0.241 e. The fourth-order valence-electron chi connectivity index (χ4n) is 2.87. The van der Waals surface area contributed by atoms with E-state index in [1.807, 2.05) is 54.6 Å². The fraction of sp³-hybridized carbons (Fsp3) is 0.333. The van der Waals surface area contributed by atoms with Gasteiger partial charge in [0.25, 0.3) is 0 Å². The monoisotopic (exact) mass is 414 g/mol. The van der Waals surface area contributed by atoms with Crippen molar-refractivity contribution >= 4 is 24.0 Å². The van der Waals surface area contributed by atoms with Crippen LogP contribution in [0.1, 0.15) is 25.8 Å². The predicted octanol–water partition coefficient (Wildman–Crippen LogP) is 3.32. The quantitative estimate of drug-likeness (QED) is 0.589. The van der Waals surface area contributed by atoms with Gasteiger partial charge in [-0.2, -0.15) is 4.80 Å². The van der Waals surface area contributed by atoms with Gasteiger partial charge in [-0.1, -0.05) is 56.3 Å². The van der Waals surface area contributed by atoms with Gasteiger partial charge in [0.05, 0.1) is 12.6 Å². The number of hydrogen-bond acceptors (Lipinski definition) is 5. The van der Waals surface area contributed by atoms with E-state index in [9.17, 15) is 4.79 Å². The summed E-state index contributed by atoms with van der Waals surface area (Å²) in [6, 6.07) is 17.0. The third-order valence-electron chi connectivity index (χ3n) is 4.37. The van der Waals surface area contributed by atoms with E-state index >= 15 is 0 Å². The van der Waals surface area contributed by atoms with E-state index in [1.165, 1.54) is 0 Å². The number of halogens is 1. The van der Waals surface area contributed by atoms with Gasteiger partial charge >= 0.3 is 0 Å². The van der Waals surface area contributed by atoms with E-state index in [2.05, 4.69) is 34.6 Å². The number of nitrogens with one attached hydrogen (secondary N) is 1. The van der Waals surface area contributed by atoms with Gasteiger partial charge in [0.2, 0.25) is 11.7 Å². The Labute approximate surface area is 177 Å². The first kappa shape index (κ1) is 22.5. The molecule has 1 heterocycles. The molecule has 0 saturated heterocycles. The topological polar surface area (TPSA) is 98.7 Å². The van der Waals surface area contributed by atoms with E-state index in [4.69, 9.17) is 5.73 Å². The van der Waals surface area contributed by atoms with Crippen LogP contribution in [0.5, 0.6) is 0 Å². The number of aryl methyl sites for hydroxylation is 2. The van der Waals surface area contributed by atoms with E-state index in [0.29, 0.717) is 24.7 Å². The molecule has 3 N–H and O–H groups in total. The van der Waals surface area contributed by atoms with Gasteiger partial charge in [0.1, 0.15) is 0 Å². The van der Waals surface area contributed by atoms with Crippen molar-refractivity contribution < 1.29 is 4.79 Å². The summed E-state index contributed by atoms with van der Waals surface area (Å²) in [6.45, 7) is 4.73. The molecule has 1 atom stereocenters. The highest BCUT2D eigenvalue weighted by Gasteiger charge is 2.15. The summed E-state index contributed by atoms with van der Waals surface area (Å²) >= 11 is 0. The molecule has 1 aromatic heterocycles. The van der Waals surface area contributed by atoms with Crippen LogP contribution in [0, 0.1) is 5.92 Å². The molecule has 7 nitrogen and oxygen atoms in total. The molecule has 8 heteroatoms. The van der Waals surface area contributed by atoms with Gasteiger partial charge in [-0.3, -0.25) is 4.79 Å². The van der Waals surface area contributed by atoms with Gasteiger partial charge in [-0.05, 0) is 41.7 Å². The maximum absolute atomic E-state index is 12.1. The van der Waals surface area contributed by atoms with Gasteiger partial charge in [-0.25, -0.2) is 0 Å².